The molecule has 0 fully saturated rings. The van der Waals surface area contributed by atoms with E-state index in [2.05, 4.69) is 69.4 Å². The van der Waals surface area contributed by atoms with Gasteiger partial charge in [0.25, 0.3) is 0 Å². The van der Waals surface area contributed by atoms with Crippen molar-refractivity contribution in [3.8, 4) is 0 Å². The predicted molar refractivity (Wildman–Crippen MR) is 312 cm³/mol. The van der Waals surface area contributed by atoms with Crippen molar-refractivity contribution in [1.29, 1.82) is 0 Å². The highest BCUT2D eigenvalue weighted by atomic mass is 16.6. The van der Waals surface area contributed by atoms with Gasteiger partial charge < -0.3 is 14.2 Å². The summed E-state index contributed by atoms with van der Waals surface area (Å²) in [7, 11) is 0. The van der Waals surface area contributed by atoms with E-state index in [0.717, 1.165) is 89.9 Å². The van der Waals surface area contributed by atoms with Gasteiger partial charge in [-0.1, -0.05) is 268 Å². The van der Waals surface area contributed by atoms with Crippen LogP contribution in [0.2, 0.25) is 0 Å². The number of esters is 3. The van der Waals surface area contributed by atoms with Gasteiger partial charge in [0.05, 0.1) is 0 Å². The predicted octanol–water partition coefficient (Wildman–Crippen LogP) is 21.4. The van der Waals surface area contributed by atoms with E-state index < -0.39 is 6.10 Å². The van der Waals surface area contributed by atoms with E-state index in [1.807, 2.05) is 0 Å². The zero-order valence-corrected chi connectivity index (χ0v) is 48.2. The lowest BCUT2D eigenvalue weighted by Gasteiger charge is -2.18. The summed E-state index contributed by atoms with van der Waals surface area (Å²) >= 11 is 0. The maximum Gasteiger partial charge on any atom is 0.306 e. The summed E-state index contributed by atoms with van der Waals surface area (Å²) in [5.41, 5.74) is 0. The lowest BCUT2D eigenvalue weighted by molar-refractivity contribution is -0.167. The maximum atomic E-state index is 12.9. The highest BCUT2D eigenvalue weighted by Crippen LogP contribution is 2.17. The van der Waals surface area contributed by atoms with Gasteiger partial charge in [-0.05, 0) is 96.3 Å². The van der Waals surface area contributed by atoms with Gasteiger partial charge in [0.15, 0.2) is 6.10 Å². The average Bonchev–Trinajstić information content (AvgIpc) is 3.38. The van der Waals surface area contributed by atoms with Crippen LogP contribution in [0.1, 0.15) is 335 Å². The normalized spacial score (nSPS) is 12.3. The van der Waals surface area contributed by atoms with Crippen molar-refractivity contribution in [1.82, 2.24) is 0 Å². The Hall–Kier alpha value is -2.63. The largest absolute Gasteiger partial charge is 0.462 e. The van der Waals surface area contributed by atoms with Crippen molar-refractivity contribution >= 4 is 17.9 Å². The summed E-state index contributed by atoms with van der Waals surface area (Å²) in [5.74, 6) is -0.887. The first-order chi connectivity index (χ1) is 35.5. The number of ether oxygens (including phenoxy) is 3. The van der Waals surface area contributed by atoms with E-state index >= 15 is 0 Å². The molecule has 0 bridgehead atoms. The van der Waals surface area contributed by atoms with E-state index in [4.69, 9.17) is 14.2 Å². The molecule has 0 aromatic heterocycles. The number of rotatable bonds is 58. The van der Waals surface area contributed by atoms with Crippen LogP contribution in [0.15, 0.2) is 48.6 Å². The molecule has 0 heterocycles. The second-order valence-corrected chi connectivity index (χ2v) is 21.3. The number of unbranched alkanes of at least 4 members (excludes halogenated alkanes) is 39. The van der Waals surface area contributed by atoms with Gasteiger partial charge in [-0.2, -0.15) is 0 Å². The molecule has 0 spiro atoms. The zero-order valence-electron chi connectivity index (χ0n) is 48.2. The molecule has 0 N–H and O–H groups in total. The Kier molecular flexibility index (Phi) is 58.7. The zero-order chi connectivity index (χ0) is 52.2. The fourth-order valence-corrected chi connectivity index (χ4v) is 9.22. The third kappa shape index (κ3) is 58.3. The van der Waals surface area contributed by atoms with Crippen molar-refractivity contribution in [2.75, 3.05) is 13.2 Å². The fourth-order valence-electron chi connectivity index (χ4n) is 9.22. The molecule has 0 aliphatic rings. The van der Waals surface area contributed by atoms with Crippen LogP contribution in [0.4, 0.5) is 0 Å². The lowest BCUT2D eigenvalue weighted by Crippen LogP contribution is -2.30. The molecule has 0 aromatic rings. The number of hydrogen-bond donors (Lipinski definition) is 0. The number of carbonyl (C=O) groups is 3. The molecule has 0 aliphatic heterocycles. The van der Waals surface area contributed by atoms with Gasteiger partial charge in [-0.3, -0.25) is 14.4 Å². The molecule has 6 heteroatoms. The Morgan fingerprint density at radius 2 is 0.514 bits per heavy atom. The first-order valence-electron chi connectivity index (χ1n) is 31.6. The summed E-state index contributed by atoms with van der Waals surface area (Å²) in [6, 6.07) is 0. The Bertz CT molecular complexity index is 1250. The topological polar surface area (TPSA) is 78.9 Å². The van der Waals surface area contributed by atoms with E-state index in [1.54, 1.807) is 0 Å². The molecule has 72 heavy (non-hydrogen) atoms. The minimum Gasteiger partial charge on any atom is -0.462 e. The summed E-state index contributed by atoms with van der Waals surface area (Å²) in [5, 5.41) is 0. The molecule has 0 aliphatic carbocycles. The Labute approximate surface area is 448 Å². The van der Waals surface area contributed by atoms with Crippen LogP contribution in [0, 0.1) is 0 Å². The monoisotopic (exact) mass is 1010 g/mol. The molecular formula is C66H120O6. The lowest BCUT2D eigenvalue weighted by atomic mass is 10.0. The molecule has 0 saturated heterocycles. The molecular weight excluding hydrogens is 889 g/mol. The summed E-state index contributed by atoms with van der Waals surface area (Å²) < 4.78 is 16.9. The summed E-state index contributed by atoms with van der Waals surface area (Å²) in [4.78, 5) is 38.2. The second-order valence-electron chi connectivity index (χ2n) is 21.3. The van der Waals surface area contributed by atoms with Gasteiger partial charge in [-0.25, -0.2) is 0 Å². The molecule has 0 saturated carbocycles. The molecule has 0 aromatic carbocycles. The van der Waals surface area contributed by atoms with Crippen LogP contribution in [0.5, 0.6) is 0 Å². The summed E-state index contributed by atoms with van der Waals surface area (Å²) in [6.45, 7) is 6.60. The van der Waals surface area contributed by atoms with Crippen LogP contribution >= 0.6 is 0 Å². The smallest absolute Gasteiger partial charge is 0.306 e. The summed E-state index contributed by atoms with van der Waals surface area (Å²) in [6.07, 6.45) is 75.6. The molecule has 6 nitrogen and oxygen atoms in total. The van der Waals surface area contributed by atoms with Crippen molar-refractivity contribution in [3.63, 3.8) is 0 Å². The molecule has 1 atom stereocenters. The molecule has 0 amide bonds. The number of hydrogen-bond acceptors (Lipinski definition) is 6. The SMILES string of the molecule is CCCC/C=C\CCCCCCCC(=O)OCC(COC(=O)CCCCCCCCCCCCCCCCC/C=C\CCCCCCCCCC)OC(=O)CCCCCCC/C=C\C/C=C\CCCCCC. The van der Waals surface area contributed by atoms with Crippen LogP contribution < -0.4 is 0 Å². The first-order valence-corrected chi connectivity index (χ1v) is 31.6. The van der Waals surface area contributed by atoms with Gasteiger partial charge in [0, 0.05) is 19.3 Å². The third-order valence-electron chi connectivity index (χ3n) is 14.0. The van der Waals surface area contributed by atoms with Crippen molar-refractivity contribution in [2.45, 2.75) is 341 Å². The van der Waals surface area contributed by atoms with Crippen molar-refractivity contribution < 1.29 is 28.6 Å². The van der Waals surface area contributed by atoms with Crippen LogP contribution in [0.25, 0.3) is 0 Å². The Morgan fingerprint density at radius 1 is 0.278 bits per heavy atom. The van der Waals surface area contributed by atoms with Gasteiger partial charge >= 0.3 is 17.9 Å². The molecule has 1 unspecified atom stereocenters. The quantitative estimate of drug-likeness (QED) is 0.0261. The first kappa shape index (κ1) is 69.4. The van der Waals surface area contributed by atoms with Gasteiger partial charge in [-0.15, -0.1) is 0 Å². The van der Waals surface area contributed by atoms with Gasteiger partial charge in [0.1, 0.15) is 13.2 Å². The number of allylic oxidation sites excluding steroid dienone is 8. The van der Waals surface area contributed by atoms with Crippen LogP contribution in [-0.2, 0) is 28.6 Å². The highest BCUT2D eigenvalue weighted by molar-refractivity contribution is 5.71. The van der Waals surface area contributed by atoms with E-state index in [9.17, 15) is 14.4 Å². The van der Waals surface area contributed by atoms with Gasteiger partial charge in [0.2, 0.25) is 0 Å². The van der Waals surface area contributed by atoms with Crippen LogP contribution in [-0.4, -0.2) is 37.2 Å². The van der Waals surface area contributed by atoms with Crippen molar-refractivity contribution in [3.05, 3.63) is 48.6 Å². The van der Waals surface area contributed by atoms with E-state index in [0.29, 0.717) is 19.3 Å². The molecule has 0 radical (unpaired) electrons. The Balaban J connectivity index is 4.19. The standard InChI is InChI=1S/C66H120O6/c1-4-7-10-13-16-19-22-24-26-28-29-30-31-32-33-34-35-36-37-38-40-41-44-47-50-53-56-59-65(68)71-62-63(61-70-64(67)58-55-52-49-46-43-21-18-15-12-9-6-3)72-66(69)60-57-54-51-48-45-42-39-27-25-23-20-17-14-11-8-5-2/h15,18,20,23,27-29,39,63H,4-14,16-17,19,21-22,24-26,30-38,40-62H2,1-3H3/b18-15-,23-20-,29-28-,39-27-. The fraction of sp³-hybridized carbons (Fsp3) is 0.833. The van der Waals surface area contributed by atoms with E-state index in [1.165, 1.54) is 205 Å². The Morgan fingerprint density at radius 3 is 0.833 bits per heavy atom. The van der Waals surface area contributed by atoms with E-state index in [-0.39, 0.29) is 31.1 Å². The molecule has 420 valence electrons. The minimum absolute atomic E-state index is 0.0790. The van der Waals surface area contributed by atoms with Crippen LogP contribution in [0.3, 0.4) is 0 Å². The minimum atomic E-state index is -0.782. The van der Waals surface area contributed by atoms with Crippen molar-refractivity contribution in [2.24, 2.45) is 0 Å². The third-order valence-corrected chi connectivity index (χ3v) is 14.0. The molecule has 0 rings (SSSR count). The number of carbonyl (C=O) groups excluding carboxylic acids is 3. The second kappa shape index (κ2) is 60.9. The average molecular weight is 1010 g/mol. The maximum absolute atomic E-state index is 12.9. The highest BCUT2D eigenvalue weighted by Gasteiger charge is 2.19.